The second-order valence-corrected chi connectivity index (χ2v) is 4.07. The lowest BCUT2D eigenvalue weighted by molar-refractivity contribution is -0.199. The predicted octanol–water partition coefficient (Wildman–Crippen LogP) is 3.29. The minimum atomic E-state index is -1.47. The fourth-order valence-corrected chi connectivity index (χ4v) is 1.14. The lowest BCUT2D eigenvalue weighted by atomic mass is 10.1. The van der Waals surface area contributed by atoms with Crippen molar-refractivity contribution in [1.29, 1.82) is 0 Å². The molecule has 0 aromatic rings. The maximum Gasteiger partial charge on any atom is 0.206 e. The van der Waals surface area contributed by atoms with Gasteiger partial charge < -0.3 is 4.74 Å². The number of hydrogen-bond donors (Lipinski definition) is 0. The van der Waals surface area contributed by atoms with Crippen LogP contribution >= 0.6 is 0 Å². The zero-order valence-corrected chi connectivity index (χ0v) is 8.20. The molecule has 0 bridgehead atoms. The average Bonchev–Trinajstić information content (AvgIpc) is 1.55. The molecule has 0 aromatic heterocycles. The van der Waals surface area contributed by atoms with Gasteiger partial charge in [-0.25, -0.2) is 4.39 Å². The van der Waals surface area contributed by atoms with Crippen LogP contribution in [0, 0.1) is 0 Å². The molecule has 0 heterocycles. The van der Waals surface area contributed by atoms with Crippen molar-refractivity contribution in [2.45, 2.75) is 58.9 Å². The van der Waals surface area contributed by atoms with Gasteiger partial charge in [0.2, 0.25) is 5.85 Å². The van der Waals surface area contributed by atoms with Gasteiger partial charge in [0.05, 0.1) is 5.60 Å². The first-order chi connectivity index (χ1) is 4.77. The van der Waals surface area contributed by atoms with Gasteiger partial charge in [-0.15, -0.1) is 0 Å². The normalized spacial score (nSPS) is 18.0. The summed E-state index contributed by atoms with van der Waals surface area (Å²) in [6, 6.07) is 0. The molecule has 0 aliphatic heterocycles. The summed E-state index contributed by atoms with van der Waals surface area (Å²) >= 11 is 0. The Morgan fingerprint density at radius 1 is 1.18 bits per heavy atom. The molecule has 0 aliphatic carbocycles. The van der Waals surface area contributed by atoms with Crippen molar-refractivity contribution >= 4 is 0 Å². The van der Waals surface area contributed by atoms with Crippen LogP contribution < -0.4 is 0 Å². The lowest BCUT2D eigenvalue weighted by Gasteiger charge is -2.29. The summed E-state index contributed by atoms with van der Waals surface area (Å²) in [5.41, 5.74) is -0.390. The number of rotatable bonds is 3. The van der Waals surface area contributed by atoms with E-state index in [1.54, 1.807) is 0 Å². The van der Waals surface area contributed by atoms with E-state index in [0.29, 0.717) is 6.42 Å². The van der Waals surface area contributed by atoms with E-state index in [0.717, 1.165) is 6.42 Å². The molecular formula is C9H19FO. The van der Waals surface area contributed by atoms with Crippen molar-refractivity contribution in [2.75, 3.05) is 0 Å². The number of alkyl halides is 1. The van der Waals surface area contributed by atoms with Gasteiger partial charge in [-0.05, 0) is 27.7 Å². The molecule has 0 aliphatic rings. The zero-order chi connectivity index (χ0) is 9.12. The number of hydrogen-bond acceptors (Lipinski definition) is 1. The van der Waals surface area contributed by atoms with Crippen LogP contribution in [0.5, 0.6) is 0 Å². The van der Waals surface area contributed by atoms with Crippen molar-refractivity contribution in [1.82, 2.24) is 0 Å². The minimum absolute atomic E-state index is 0.390. The molecular weight excluding hydrogens is 143 g/mol. The smallest absolute Gasteiger partial charge is 0.206 e. The SMILES string of the molecule is CCCC(C)(F)OC(C)(C)C. The first-order valence-electron chi connectivity index (χ1n) is 4.16. The van der Waals surface area contributed by atoms with Crippen molar-refractivity contribution < 1.29 is 9.13 Å². The highest BCUT2D eigenvalue weighted by Gasteiger charge is 2.28. The molecule has 0 saturated heterocycles. The zero-order valence-electron chi connectivity index (χ0n) is 8.20. The van der Waals surface area contributed by atoms with Gasteiger partial charge >= 0.3 is 0 Å². The minimum Gasteiger partial charge on any atom is -0.340 e. The molecule has 0 rings (SSSR count). The molecule has 0 fully saturated rings. The largest absolute Gasteiger partial charge is 0.340 e. The van der Waals surface area contributed by atoms with Crippen molar-refractivity contribution in [3.05, 3.63) is 0 Å². The van der Waals surface area contributed by atoms with Crippen LogP contribution in [0.1, 0.15) is 47.5 Å². The lowest BCUT2D eigenvalue weighted by Crippen LogP contribution is -2.33. The maximum absolute atomic E-state index is 13.4. The van der Waals surface area contributed by atoms with Crippen molar-refractivity contribution in [3.63, 3.8) is 0 Å². The van der Waals surface area contributed by atoms with E-state index in [4.69, 9.17) is 4.74 Å². The van der Waals surface area contributed by atoms with Crippen LogP contribution in [-0.2, 0) is 4.74 Å². The van der Waals surface area contributed by atoms with Crippen LogP contribution in [0.25, 0.3) is 0 Å². The van der Waals surface area contributed by atoms with Gasteiger partial charge in [-0.1, -0.05) is 13.3 Å². The Morgan fingerprint density at radius 2 is 1.64 bits per heavy atom. The van der Waals surface area contributed by atoms with E-state index < -0.39 is 11.5 Å². The Balaban J connectivity index is 3.91. The van der Waals surface area contributed by atoms with Gasteiger partial charge in [0, 0.05) is 6.42 Å². The van der Waals surface area contributed by atoms with E-state index in [1.165, 1.54) is 6.92 Å². The topological polar surface area (TPSA) is 9.23 Å². The van der Waals surface area contributed by atoms with E-state index in [2.05, 4.69) is 0 Å². The number of halogens is 1. The number of ether oxygens (including phenoxy) is 1. The molecule has 0 saturated carbocycles. The van der Waals surface area contributed by atoms with Gasteiger partial charge in [-0.2, -0.15) is 0 Å². The van der Waals surface area contributed by atoms with Crippen LogP contribution in [0.3, 0.4) is 0 Å². The summed E-state index contributed by atoms with van der Waals surface area (Å²) in [4.78, 5) is 0. The molecule has 1 nitrogen and oxygen atoms in total. The Bertz CT molecular complexity index is 113. The fraction of sp³-hybridized carbons (Fsp3) is 1.00. The third-order valence-corrected chi connectivity index (χ3v) is 1.22. The molecule has 0 N–H and O–H groups in total. The Kier molecular flexibility index (Phi) is 3.49. The molecule has 0 spiro atoms. The summed E-state index contributed by atoms with van der Waals surface area (Å²) in [5.74, 6) is -1.47. The molecule has 0 amide bonds. The summed E-state index contributed by atoms with van der Waals surface area (Å²) in [5, 5.41) is 0. The van der Waals surface area contributed by atoms with Gasteiger partial charge in [-0.3, -0.25) is 0 Å². The second-order valence-electron chi connectivity index (χ2n) is 4.07. The fourth-order valence-electron chi connectivity index (χ4n) is 1.14. The highest BCUT2D eigenvalue weighted by Crippen LogP contribution is 2.25. The van der Waals surface area contributed by atoms with E-state index >= 15 is 0 Å². The first kappa shape index (κ1) is 10.9. The summed E-state index contributed by atoms with van der Waals surface area (Å²) in [7, 11) is 0. The van der Waals surface area contributed by atoms with Crippen LogP contribution in [0.4, 0.5) is 4.39 Å². The highest BCUT2D eigenvalue weighted by molar-refractivity contribution is 4.68. The van der Waals surface area contributed by atoms with Crippen LogP contribution in [-0.4, -0.2) is 11.5 Å². The summed E-state index contributed by atoms with van der Waals surface area (Å²) < 4.78 is 18.6. The average molecular weight is 162 g/mol. The molecule has 2 heteroatoms. The Labute approximate surface area is 68.9 Å². The molecule has 0 radical (unpaired) electrons. The van der Waals surface area contributed by atoms with E-state index in [1.807, 2.05) is 27.7 Å². The predicted molar refractivity (Wildman–Crippen MR) is 45.3 cm³/mol. The Hall–Kier alpha value is -0.110. The molecule has 1 atom stereocenters. The van der Waals surface area contributed by atoms with Crippen molar-refractivity contribution in [3.8, 4) is 0 Å². The third-order valence-electron chi connectivity index (χ3n) is 1.22. The van der Waals surface area contributed by atoms with Gasteiger partial charge in [0.15, 0.2) is 0 Å². The Morgan fingerprint density at radius 3 is 1.91 bits per heavy atom. The van der Waals surface area contributed by atoms with Gasteiger partial charge in [0.25, 0.3) is 0 Å². The third kappa shape index (κ3) is 6.29. The monoisotopic (exact) mass is 162 g/mol. The summed E-state index contributed by atoms with van der Waals surface area (Å²) in [6.45, 7) is 9.02. The highest BCUT2D eigenvalue weighted by atomic mass is 19.2. The molecule has 0 aromatic carbocycles. The molecule has 68 valence electrons. The van der Waals surface area contributed by atoms with Crippen LogP contribution in [0.15, 0.2) is 0 Å². The standard InChI is InChI=1S/C9H19FO/c1-6-7-9(5,10)11-8(2,3)4/h6-7H2,1-5H3. The second kappa shape index (κ2) is 3.53. The quantitative estimate of drug-likeness (QED) is 0.618. The summed E-state index contributed by atoms with van der Waals surface area (Å²) in [6.07, 6.45) is 1.27. The van der Waals surface area contributed by atoms with Crippen molar-refractivity contribution in [2.24, 2.45) is 0 Å². The maximum atomic E-state index is 13.4. The molecule has 1 unspecified atom stereocenters. The molecule has 11 heavy (non-hydrogen) atoms. The van der Waals surface area contributed by atoms with E-state index in [9.17, 15) is 4.39 Å². The van der Waals surface area contributed by atoms with E-state index in [-0.39, 0.29) is 0 Å². The first-order valence-corrected chi connectivity index (χ1v) is 4.16. The van der Waals surface area contributed by atoms with Gasteiger partial charge in [0.1, 0.15) is 0 Å². The van der Waals surface area contributed by atoms with Crippen LogP contribution in [0.2, 0.25) is 0 Å².